The third-order valence-corrected chi connectivity index (χ3v) is 7.14. The molecule has 0 bridgehead atoms. The standard InChI is InChI=1S/C31H28F6N2O6/c1-16-20(38-25(23(16)27(41)31(35,36)37)29(43)45-15-19-11-7-4-8-12-19)13-21-22(26(40)30(32,33)34)17(2)24(39-21)28(42)44-14-18-9-5-3-6-10-18/h3-12,26-27,38-41H,13-15H2,1-2H3/t26-,27+/m1/s1. The number of hydrogen-bond acceptors (Lipinski definition) is 6. The zero-order valence-electron chi connectivity index (χ0n) is 23.8. The molecule has 2 heterocycles. The number of aromatic amines is 2. The van der Waals surface area contributed by atoms with E-state index in [1.165, 1.54) is 0 Å². The minimum absolute atomic E-state index is 0.207. The molecule has 45 heavy (non-hydrogen) atoms. The van der Waals surface area contributed by atoms with Crippen molar-refractivity contribution in [3.05, 3.63) is 117 Å². The summed E-state index contributed by atoms with van der Waals surface area (Å²) in [6, 6.07) is 16.6. The van der Waals surface area contributed by atoms with Gasteiger partial charge in [0.15, 0.2) is 12.2 Å². The van der Waals surface area contributed by atoms with E-state index in [-0.39, 0.29) is 35.7 Å². The molecular weight excluding hydrogens is 610 g/mol. The van der Waals surface area contributed by atoms with Gasteiger partial charge in [-0.05, 0) is 36.1 Å². The van der Waals surface area contributed by atoms with Crippen molar-refractivity contribution in [1.29, 1.82) is 0 Å². The van der Waals surface area contributed by atoms with Crippen LogP contribution in [0.25, 0.3) is 0 Å². The van der Waals surface area contributed by atoms with Crippen molar-refractivity contribution >= 4 is 11.9 Å². The second kappa shape index (κ2) is 13.2. The molecule has 0 unspecified atom stereocenters. The minimum Gasteiger partial charge on any atom is -0.456 e. The van der Waals surface area contributed by atoms with Gasteiger partial charge in [0.25, 0.3) is 0 Å². The zero-order valence-corrected chi connectivity index (χ0v) is 23.8. The Morgan fingerprint density at radius 2 is 1.09 bits per heavy atom. The van der Waals surface area contributed by atoms with Crippen LogP contribution in [0.2, 0.25) is 0 Å². The van der Waals surface area contributed by atoms with Crippen LogP contribution in [0.1, 0.15) is 78.0 Å². The van der Waals surface area contributed by atoms with Crippen molar-refractivity contribution in [1.82, 2.24) is 9.97 Å². The lowest BCUT2D eigenvalue weighted by molar-refractivity contribution is -0.207. The number of nitrogens with one attached hydrogen (secondary N) is 2. The molecule has 2 atom stereocenters. The Morgan fingerprint density at radius 3 is 1.56 bits per heavy atom. The summed E-state index contributed by atoms with van der Waals surface area (Å²) in [7, 11) is 0. The van der Waals surface area contributed by atoms with Crippen LogP contribution in [0.5, 0.6) is 0 Å². The number of halogens is 6. The van der Waals surface area contributed by atoms with E-state index in [0.29, 0.717) is 11.1 Å². The highest BCUT2D eigenvalue weighted by molar-refractivity contribution is 5.91. The SMILES string of the molecule is Cc1c(C(=O)OCc2ccccc2)[nH]c(Cc2[nH]c(C(=O)OCc3ccccc3)c([C@H](O)C(F)(F)F)c2C)c1[C@@H](O)C(F)(F)F. The summed E-state index contributed by atoms with van der Waals surface area (Å²) in [6.07, 6.45) is -17.2. The average Bonchev–Trinajstić information content (AvgIpc) is 3.49. The quantitative estimate of drug-likeness (QED) is 0.117. The molecule has 4 rings (SSSR count). The molecule has 14 heteroatoms. The first kappa shape index (κ1) is 33.3. The Kier molecular flexibility index (Phi) is 9.78. The third-order valence-electron chi connectivity index (χ3n) is 7.14. The fraction of sp³-hybridized carbons (Fsp3) is 0.290. The maximum absolute atomic E-state index is 13.7. The van der Waals surface area contributed by atoms with Crippen LogP contribution >= 0.6 is 0 Å². The molecule has 2 aromatic carbocycles. The van der Waals surface area contributed by atoms with E-state index < -0.39 is 65.4 Å². The maximum atomic E-state index is 13.7. The Morgan fingerprint density at radius 1 is 0.667 bits per heavy atom. The number of carbonyl (C=O) groups is 2. The lowest BCUT2D eigenvalue weighted by Crippen LogP contribution is -2.23. The second-order valence-corrected chi connectivity index (χ2v) is 10.2. The number of esters is 2. The molecule has 8 nitrogen and oxygen atoms in total. The van der Waals surface area contributed by atoms with E-state index in [2.05, 4.69) is 9.97 Å². The van der Waals surface area contributed by atoms with Gasteiger partial charge in [0.1, 0.15) is 24.6 Å². The number of ether oxygens (including phenoxy) is 2. The normalized spacial score (nSPS) is 13.4. The topological polar surface area (TPSA) is 125 Å². The second-order valence-electron chi connectivity index (χ2n) is 10.2. The summed E-state index contributed by atoms with van der Waals surface area (Å²) < 4.78 is 92.5. The molecule has 0 fully saturated rings. The highest BCUT2D eigenvalue weighted by Crippen LogP contribution is 2.40. The molecule has 0 amide bonds. The zero-order chi connectivity index (χ0) is 33.1. The maximum Gasteiger partial charge on any atom is 0.418 e. The first-order chi connectivity index (χ1) is 21.1. The Bertz CT molecular complexity index is 1640. The molecule has 240 valence electrons. The first-order valence-electron chi connectivity index (χ1n) is 13.4. The molecule has 0 spiro atoms. The van der Waals surface area contributed by atoms with Gasteiger partial charge in [-0.25, -0.2) is 9.59 Å². The van der Waals surface area contributed by atoms with E-state index in [0.717, 1.165) is 13.8 Å². The van der Waals surface area contributed by atoms with E-state index in [4.69, 9.17) is 9.47 Å². The average molecular weight is 639 g/mol. The number of carbonyl (C=O) groups excluding carboxylic acids is 2. The fourth-order valence-electron chi connectivity index (χ4n) is 4.82. The summed E-state index contributed by atoms with van der Waals surface area (Å²) in [4.78, 5) is 30.8. The van der Waals surface area contributed by atoms with Crippen molar-refractivity contribution in [3.8, 4) is 0 Å². The fourth-order valence-corrected chi connectivity index (χ4v) is 4.82. The summed E-state index contributed by atoms with van der Waals surface area (Å²) in [6.45, 7) is 1.75. The van der Waals surface area contributed by atoms with Gasteiger partial charge in [-0.15, -0.1) is 0 Å². The van der Waals surface area contributed by atoms with Gasteiger partial charge in [0, 0.05) is 28.9 Å². The largest absolute Gasteiger partial charge is 0.456 e. The predicted octanol–water partition coefficient (Wildman–Crippen LogP) is 6.46. The van der Waals surface area contributed by atoms with E-state index >= 15 is 0 Å². The van der Waals surface area contributed by atoms with Crippen LogP contribution in [0.4, 0.5) is 26.3 Å². The number of H-pyrrole nitrogens is 2. The molecule has 0 aliphatic carbocycles. The number of aromatic nitrogens is 2. The summed E-state index contributed by atoms with van der Waals surface area (Å²) in [5, 5.41) is 20.4. The molecule has 0 radical (unpaired) electrons. The Labute approximate surface area is 252 Å². The number of aliphatic hydroxyl groups excluding tert-OH is 2. The van der Waals surface area contributed by atoms with Crippen molar-refractivity contribution in [2.24, 2.45) is 0 Å². The van der Waals surface area contributed by atoms with Crippen LogP contribution in [-0.2, 0) is 29.1 Å². The van der Waals surface area contributed by atoms with Gasteiger partial charge < -0.3 is 29.7 Å². The number of aliphatic hydroxyl groups is 2. The highest BCUT2D eigenvalue weighted by Gasteiger charge is 2.45. The van der Waals surface area contributed by atoms with Gasteiger partial charge >= 0.3 is 24.3 Å². The van der Waals surface area contributed by atoms with Gasteiger partial charge in [-0.3, -0.25) is 0 Å². The molecule has 0 aliphatic heterocycles. The van der Waals surface area contributed by atoms with Gasteiger partial charge in [-0.1, -0.05) is 60.7 Å². The van der Waals surface area contributed by atoms with Crippen LogP contribution in [0.15, 0.2) is 60.7 Å². The molecule has 0 aliphatic rings. The highest BCUT2D eigenvalue weighted by atomic mass is 19.4. The molecule has 4 N–H and O–H groups in total. The van der Waals surface area contributed by atoms with Crippen molar-refractivity contribution in [3.63, 3.8) is 0 Å². The van der Waals surface area contributed by atoms with Gasteiger partial charge in [0.05, 0.1) is 0 Å². The smallest absolute Gasteiger partial charge is 0.418 e. The Hall–Kier alpha value is -4.56. The summed E-state index contributed by atoms with van der Waals surface area (Å²) in [5.74, 6) is -2.30. The van der Waals surface area contributed by atoms with Crippen LogP contribution in [-0.4, -0.2) is 44.5 Å². The summed E-state index contributed by atoms with van der Waals surface area (Å²) >= 11 is 0. The molecule has 2 aromatic heterocycles. The third kappa shape index (κ3) is 7.57. The predicted molar refractivity (Wildman–Crippen MR) is 147 cm³/mol. The molecule has 4 aromatic rings. The molecule has 0 saturated carbocycles. The van der Waals surface area contributed by atoms with Gasteiger partial charge in [0.2, 0.25) is 0 Å². The van der Waals surface area contributed by atoms with E-state index in [9.17, 15) is 46.1 Å². The Balaban J connectivity index is 1.73. The summed E-state index contributed by atoms with van der Waals surface area (Å²) in [5.41, 5.74) is -2.86. The van der Waals surface area contributed by atoms with Crippen molar-refractivity contribution in [2.45, 2.75) is 58.0 Å². The van der Waals surface area contributed by atoms with E-state index in [1.54, 1.807) is 60.7 Å². The minimum atomic E-state index is -5.21. The monoisotopic (exact) mass is 638 g/mol. The van der Waals surface area contributed by atoms with Crippen molar-refractivity contribution in [2.75, 3.05) is 0 Å². The molecule has 0 saturated heterocycles. The first-order valence-corrected chi connectivity index (χ1v) is 13.4. The van der Waals surface area contributed by atoms with Crippen LogP contribution in [0, 0.1) is 13.8 Å². The van der Waals surface area contributed by atoms with Crippen molar-refractivity contribution < 1.29 is 55.6 Å². The lowest BCUT2D eigenvalue weighted by atomic mass is 9.98. The number of rotatable bonds is 10. The van der Waals surface area contributed by atoms with Crippen LogP contribution in [0.3, 0.4) is 0 Å². The number of alkyl halides is 6. The van der Waals surface area contributed by atoms with E-state index in [1.807, 2.05) is 0 Å². The molecular formula is C31H28F6N2O6. The lowest BCUT2D eigenvalue weighted by Gasteiger charge is -2.17. The number of benzene rings is 2. The van der Waals surface area contributed by atoms with Crippen LogP contribution < -0.4 is 0 Å². The number of hydrogen-bond donors (Lipinski definition) is 4. The van der Waals surface area contributed by atoms with Gasteiger partial charge in [-0.2, -0.15) is 26.3 Å².